The second-order valence-electron chi connectivity index (χ2n) is 6.11. The highest BCUT2D eigenvalue weighted by Gasteiger charge is 2.21. The smallest absolute Gasteiger partial charge is 0.315 e. The second kappa shape index (κ2) is 9.39. The van der Waals surface area contributed by atoms with Crippen LogP contribution in [0, 0.1) is 10.1 Å². The lowest BCUT2D eigenvalue weighted by Gasteiger charge is -2.08. The molecule has 0 fully saturated rings. The number of hydrazone groups is 1. The number of nitro benzene ring substituents is 1. The predicted molar refractivity (Wildman–Crippen MR) is 114 cm³/mol. The van der Waals surface area contributed by atoms with E-state index in [0.717, 1.165) is 5.56 Å². The van der Waals surface area contributed by atoms with Crippen LogP contribution in [0.15, 0.2) is 52.4 Å². The van der Waals surface area contributed by atoms with Gasteiger partial charge in [0.15, 0.2) is 5.75 Å². The van der Waals surface area contributed by atoms with Crippen LogP contribution in [0.2, 0.25) is 0 Å². The molecular formula is C20H19N5O6. The summed E-state index contributed by atoms with van der Waals surface area (Å²) in [6.45, 7) is 0. The first kappa shape index (κ1) is 21.3. The molecule has 0 atom stereocenters. The molecule has 0 aliphatic rings. The van der Waals surface area contributed by atoms with Crippen LogP contribution >= 0.6 is 0 Å². The molecule has 11 heteroatoms. The predicted octanol–water partition coefficient (Wildman–Crippen LogP) is 2.82. The van der Waals surface area contributed by atoms with Gasteiger partial charge < -0.3 is 14.2 Å². The van der Waals surface area contributed by atoms with E-state index in [-0.39, 0.29) is 28.7 Å². The van der Waals surface area contributed by atoms with Crippen LogP contribution in [0.25, 0.3) is 11.3 Å². The summed E-state index contributed by atoms with van der Waals surface area (Å²) < 4.78 is 15.3. The van der Waals surface area contributed by atoms with Crippen molar-refractivity contribution in [3.05, 3.63) is 68.5 Å². The number of nitrogens with zero attached hydrogens (tertiary/aromatic N) is 3. The van der Waals surface area contributed by atoms with E-state index in [9.17, 15) is 14.9 Å². The average Bonchev–Trinajstić information content (AvgIpc) is 2.78. The van der Waals surface area contributed by atoms with Gasteiger partial charge in [0.25, 0.3) is 5.56 Å². The maximum Gasteiger partial charge on any atom is 0.315 e. The van der Waals surface area contributed by atoms with Gasteiger partial charge in [0.1, 0.15) is 5.75 Å². The maximum atomic E-state index is 12.0. The van der Waals surface area contributed by atoms with Gasteiger partial charge in [-0.05, 0) is 30.3 Å². The van der Waals surface area contributed by atoms with Crippen molar-refractivity contribution in [3.8, 4) is 28.5 Å². The number of aromatic amines is 1. The molecular weight excluding hydrogens is 406 g/mol. The van der Waals surface area contributed by atoms with Gasteiger partial charge in [-0.25, -0.2) is 10.4 Å². The SMILES string of the molecule is COc1ccc(-c2cc(=O)[nH]c(N/N=C\c3cc(OC)c(OC)c([N+](=O)[O-])c3)n2)cc1. The van der Waals surface area contributed by atoms with Gasteiger partial charge in [-0.15, -0.1) is 0 Å². The number of anilines is 1. The zero-order valence-corrected chi connectivity index (χ0v) is 16.9. The Morgan fingerprint density at radius 1 is 1.10 bits per heavy atom. The standard InChI is InChI=1S/C20H19N5O6/c1-29-14-6-4-13(5-7-14)15-10-18(26)23-20(22-15)24-21-11-12-8-16(25(27)28)19(31-3)17(9-12)30-2/h4-11H,1-3H3,(H2,22,23,24,26)/b21-11-. The summed E-state index contributed by atoms with van der Waals surface area (Å²) in [6, 6.07) is 11.2. The van der Waals surface area contributed by atoms with E-state index in [1.807, 2.05) is 0 Å². The highest BCUT2D eigenvalue weighted by molar-refractivity contribution is 5.83. The van der Waals surface area contributed by atoms with Gasteiger partial charge in [-0.1, -0.05) is 0 Å². The Morgan fingerprint density at radius 2 is 1.84 bits per heavy atom. The molecule has 11 nitrogen and oxygen atoms in total. The number of nitrogens with one attached hydrogen (secondary N) is 2. The van der Waals surface area contributed by atoms with Crippen molar-refractivity contribution in [1.29, 1.82) is 0 Å². The van der Waals surface area contributed by atoms with Crippen LogP contribution in [0.3, 0.4) is 0 Å². The topological polar surface area (TPSA) is 141 Å². The second-order valence-corrected chi connectivity index (χ2v) is 6.11. The lowest BCUT2D eigenvalue weighted by Crippen LogP contribution is -2.10. The molecule has 0 saturated carbocycles. The molecule has 31 heavy (non-hydrogen) atoms. The van der Waals surface area contributed by atoms with Gasteiger partial charge in [0.2, 0.25) is 11.7 Å². The molecule has 0 amide bonds. The molecule has 0 spiro atoms. The lowest BCUT2D eigenvalue weighted by molar-refractivity contribution is -0.385. The third-order valence-electron chi connectivity index (χ3n) is 4.19. The molecule has 0 bridgehead atoms. The van der Waals surface area contributed by atoms with Crippen molar-refractivity contribution < 1.29 is 19.1 Å². The van der Waals surface area contributed by atoms with Crippen molar-refractivity contribution >= 4 is 17.9 Å². The van der Waals surface area contributed by atoms with E-state index < -0.39 is 4.92 Å². The number of hydrogen-bond acceptors (Lipinski definition) is 9. The zero-order valence-electron chi connectivity index (χ0n) is 16.9. The molecule has 0 aliphatic carbocycles. The number of benzene rings is 2. The fourth-order valence-electron chi connectivity index (χ4n) is 2.76. The Kier molecular flexibility index (Phi) is 6.45. The summed E-state index contributed by atoms with van der Waals surface area (Å²) in [4.78, 5) is 29.6. The Morgan fingerprint density at radius 3 is 2.45 bits per heavy atom. The molecule has 0 radical (unpaired) electrons. The maximum absolute atomic E-state index is 12.0. The van der Waals surface area contributed by atoms with Gasteiger partial charge >= 0.3 is 5.69 Å². The molecule has 2 N–H and O–H groups in total. The Hall–Kier alpha value is -4.41. The van der Waals surface area contributed by atoms with Crippen molar-refractivity contribution in [2.75, 3.05) is 26.8 Å². The molecule has 0 saturated heterocycles. The summed E-state index contributed by atoms with van der Waals surface area (Å²) in [5, 5.41) is 15.3. The lowest BCUT2D eigenvalue weighted by atomic mass is 10.1. The Labute approximate surface area is 176 Å². The van der Waals surface area contributed by atoms with Gasteiger partial charge in [0, 0.05) is 23.3 Å². The van der Waals surface area contributed by atoms with Crippen LogP contribution in [0.5, 0.6) is 17.2 Å². The highest BCUT2D eigenvalue weighted by atomic mass is 16.6. The molecule has 1 heterocycles. The average molecular weight is 425 g/mol. The molecule has 1 aromatic heterocycles. The van der Waals surface area contributed by atoms with Gasteiger partial charge in [0.05, 0.1) is 38.2 Å². The van der Waals surface area contributed by atoms with Gasteiger partial charge in [-0.3, -0.25) is 19.9 Å². The summed E-state index contributed by atoms with van der Waals surface area (Å²) in [5.41, 5.74) is 3.51. The summed E-state index contributed by atoms with van der Waals surface area (Å²) in [7, 11) is 4.26. The minimum atomic E-state index is -0.580. The first-order chi connectivity index (χ1) is 14.9. The van der Waals surface area contributed by atoms with Crippen LogP contribution in [-0.4, -0.2) is 42.4 Å². The number of methoxy groups -OCH3 is 3. The van der Waals surface area contributed by atoms with Crippen molar-refractivity contribution in [1.82, 2.24) is 9.97 Å². The number of H-pyrrole nitrogens is 1. The number of ether oxygens (including phenoxy) is 3. The summed E-state index contributed by atoms with van der Waals surface area (Å²) >= 11 is 0. The van der Waals surface area contributed by atoms with Gasteiger partial charge in [-0.2, -0.15) is 5.10 Å². The normalized spacial score (nSPS) is 10.7. The Balaban J connectivity index is 1.85. The zero-order chi connectivity index (χ0) is 22.4. The minimum Gasteiger partial charge on any atom is -0.497 e. The van der Waals surface area contributed by atoms with Crippen molar-refractivity contribution in [3.63, 3.8) is 0 Å². The van der Waals surface area contributed by atoms with E-state index >= 15 is 0 Å². The fourth-order valence-corrected chi connectivity index (χ4v) is 2.76. The number of nitro groups is 1. The highest BCUT2D eigenvalue weighted by Crippen LogP contribution is 2.37. The van der Waals surface area contributed by atoms with Crippen molar-refractivity contribution in [2.24, 2.45) is 5.10 Å². The van der Waals surface area contributed by atoms with Crippen LogP contribution in [0.4, 0.5) is 11.6 Å². The van der Waals surface area contributed by atoms with E-state index in [1.165, 1.54) is 38.6 Å². The summed E-state index contributed by atoms with van der Waals surface area (Å²) in [5.74, 6) is 0.979. The third-order valence-corrected chi connectivity index (χ3v) is 4.19. The van der Waals surface area contributed by atoms with E-state index in [1.54, 1.807) is 31.4 Å². The van der Waals surface area contributed by atoms with Crippen LogP contribution in [0.1, 0.15) is 5.56 Å². The molecule has 0 unspecified atom stereocenters. The van der Waals surface area contributed by atoms with Crippen LogP contribution < -0.4 is 25.2 Å². The Bertz CT molecular complexity index is 1170. The number of hydrogen-bond donors (Lipinski definition) is 2. The quantitative estimate of drug-likeness (QED) is 0.319. The number of rotatable bonds is 8. The minimum absolute atomic E-state index is 0.01000. The largest absolute Gasteiger partial charge is 0.497 e. The molecule has 3 rings (SSSR count). The molecule has 2 aromatic carbocycles. The van der Waals surface area contributed by atoms with Crippen LogP contribution in [-0.2, 0) is 0 Å². The number of aromatic nitrogens is 2. The fraction of sp³-hybridized carbons (Fsp3) is 0.150. The molecule has 3 aromatic rings. The molecule has 0 aliphatic heterocycles. The molecule has 160 valence electrons. The monoisotopic (exact) mass is 425 g/mol. The first-order valence-corrected chi connectivity index (χ1v) is 8.90. The van der Waals surface area contributed by atoms with E-state index in [0.29, 0.717) is 17.0 Å². The van der Waals surface area contributed by atoms with Crippen molar-refractivity contribution in [2.45, 2.75) is 0 Å². The van der Waals surface area contributed by atoms with E-state index in [4.69, 9.17) is 14.2 Å². The summed E-state index contributed by atoms with van der Waals surface area (Å²) in [6.07, 6.45) is 1.33. The third kappa shape index (κ3) is 4.96. The van der Waals surface area contributed by atoms with E-state index in [2.05, 4.69) is 20.5 Å². The first-order valence-electron chi connectivity index (χ1n) is 8.90.